The van der Waals surface area contributed by atoms with E-state index in [0.717, 1.165) is 16.7 Å². The van der Waals surface area contributed by atoms with Crippen LogP contribution in [0.25, 0.3) is 0 Å². The Labute approximate surface area is 280 Å². The van der Waals surface area contributed by atoms with E-state index >= 15 is 0 Å². The predicted molar refractivity (Wildman–Crippen MR) is 180 cm³/mol. The SMILES string of the molecule is CC(C)CC(NC(=O)C(Cc1ccccc1)NC(=O)CNC(=O)C(C)NC(=O)C(N)Cc1ccc(O)cc1)C(=O)OCc1ccccc1. The lowest BCUT2D eigenvalue weighted by Crippen LogP contribution is -2.55. The molecule has 0 radical (unpaired) electrons. The number of hydrogen-bond donors (Lipinski definition) is 6. The van der Waals surface area contributed by atoms with Gasteiger partial charge in [-0.2, -0.15) is 0 Å². The van der Waals surface area contributed by atoms with E-state index in [1.54, 1.807) is 24.3 Å². The molecule has 12 nitrogen and oxygen atoms in total. The molecule has 48 heavy (non-hydrogen) atoms. The molecule has 12 heteroatoms. The summed E-state index contributed by atoms with van der Waals surface area (Å²) in [5.41, 5.74) is 8.30. The van der Waals surface area contributed by atoms with E-state index in [1.807, 2.05) is 62.4 Å². The van der Waals surface area contributed by atoms with Gasteiger partial charge in [0, 0.05) is 6.42 Å². The van der Waals surface area contributed by atoms with Crippen LogP contribution in [0.5, 0.6) is 5.75 Å². The minimum atomic E-state index is -1.07. The predicted octanol–water partition coefficient (Wildman–Crippen LogP) is 1.88. The lowest BCUT2D eigenvalue weighted by atomic mass is 10.0. The number of carbonyl (C=O) groups is 5. The summed E-state index contributed by atoms with van der Waals surface area (Å²) in [5, 5.41) is 19.8. The maximum atomic E-state index is 13.5. The second kappa shape index (κ2) is 18.8. The summed E-state index contributed by atoms with van der Waals surface area (Å²) in [4.78, 5) is 64.8. The number of carbonyl (C=O) groups excluding carboxylic acids is 5. The van der Waals surface area contributed by atoms with Gasteiger partial charge in [0.2, 0.25) is 23.6 Å². The Kier molecular flexibility index (Phi) is 14.6. The Morgan fingerprint density at radius 3 is 1.88 bits per heavy atom. The standard InChI is InChI=1S/C36H45N5O7/c1-23(2)18-31(36(47)48-22-27-12-8-5-9-13-27)41-35(46)30(20-25-10-6-4-7-11-25)40-32(43)21-38-33(44)24(3)39-34(45)29(37)19-26-14-16-28(42)17-15-26/h4-17,23-24,29-31,42H,18-22,37H2,1-3H3,(H,38,44)(H,39,45)(H,40,43)(H,41,46). The minimum Gasteiger partial charge on any atom is -0.508 e. The zero-order valence-corrected chi connectivity index (χ0v) is 27.5. The Balaban J connectivity index is 1.58. The summed E-state index contributed by atoms with van der Waals surface area (Å²) in [6, 6.07) is 20.6. The van der Waals surface area contributed by atoms with Gasteiger partial charge in [-0.15, -0.1) is 0 Å². The first kappa shape index (κ1) is 37.2. The number of nitrogens with one attached hydrogen (secondary N) is 4. The molecule has 0 saturated carbocycles. The second-order valence-electron chi connectivity index (χ2n) is 12.0. The van der Waals surface area contributed by atoms with Crippen molar-refractivity contribution < 1.29 is 33.8 Å². The van der Waals surface area contributed by atoms with E-state index < -0.39 is 60.3 Å². The van der Waals surface area contributed by atoms with Crippen LogP contribution in [0.1, 0.15) is 43.9 Å². The third kappa shape index (κ3) is 12.9. The number of amides is 4. The highest BCUT2D eigenvalue weighted by Crippen LogP contribution is 2.12. The summed E-state index contributed by atoms with van der Waals surface area (Å²) in [6.07, 6.45) is 0.644. The van der Waals surface area contributed by atoms with Crippen LogP contribution in [0.2, 0.25) is 0 Å². The highest BCUT2D eigenvalue weighted by Gasteiger charge is 2.29. The Hall–Kier alpha value is -5.23. The van der Waals surface area contributed by atoms with Gasteiger partial charge < -0.3 is 36.8 Å². The van der Waals surface area contributed by atoms with Crippen molar-refractivity contribution in [2.75, 3.05) is 6.54 Å². The van der Waals surface area contributed by atoms with Crippen LogP contribution in [0, 0.1) is 5.92 Å². The molecule has 0 heterocycles. The zero-order valence-electron chi connectivity index (χ0n) is 27.5. The number of phenolic OH excluding ortho intramolecular Hbond substituents is 1. The fourth-order valence-corrected chi connectivity index (χ4v) is 4.78. The van der Waals surface area contributed by atoms with Crippen molar-refractivity contribution in [1.82, 2.24) is 21.3 Å². The number of esters is 1. The molecule has 7 N–H and O–H groups in total. The van der Waals surface area contributed by atoms with Gasteiger partial charge in [-0.05, 0) is 54.5 Å². The molecule has 4 unspecified atom stereocenters. The van der Waals surface area contributed by atoms with Crippen molar-refractivity contribution in [1.29, 1.82) is 0 Å². The number of nitrogens with two attached hydrogens (primary N) is 1. The molecule has 3 aromatic carbocycles. The minimum absolute atomic E-state index is 0.0528. The highest BCUT2D eigenvalue weighted by atomic mass is 16.5. The molecule has 3 rings (SSSR count). The number of rotatable bonds is 17. The van der Waals surface area contributed by atoms with Crippen LogP contribution in [0.15, 0.2) is 84.9 Å². The lowest BCUT2D eigenvalue weighted by molar-refractivity contribution is -0.149. The number of phenols is 1. The molecule has 3 aromatic rings. The number of ether oxygens (including phenoxy) is 1. The number of hydrogen-bond acceptors (Lipinski definition) is 8. The van der Waals surface area contributed by atoms with Crippen LogP contribution in [-0.4, -0.2) is 65.4 Å². The maximum Gasteiger partial charge on any atom is 0.328 e. The summed E-state index contributed by atoms with van der Waals surface area (Å²) >= 11 is 0. The normalized spacial score (nSPS) is 13.4. The van der Waals surface area contributed by atoms with Crippen molar-refractivity contribution in [2.45, 2.75) is 70.8 Å². The van der Waals surface area contributed by atoms with Gasteiger partial charge >= 0.3 is 5.97 Å². The van der Waals surface area contributed by atoms with E-state index in [1.165, 1.54) is 19.1 Å². The fourth-order valence-electron chi connectivity index (χ4n) is 4.78. The topological polar surface area (TPSA) is 189 Å². The molecular weight excluding hydrogens is 614 g/mol. The third-order valence-electron chi connectivity index (χ3n) is 7.37. The number of benzene rings is 3. The zero-order chi connectivity index (χ0) is 35.1. The van der Waals surface area contributed by atoms with Gasteiger partial charge in [0.25, 0.3) is 0 Å². The second-order valence-corrected chi connectivity index (χ2v) is 12.0. The number of aromatic hydroxyl groups is 1. The Morgan fingerprint density at radius 1 is 0.688 bits per heavy atom. The quantitative estimate of drug-likeness (QED) is 0.119. The average Bonchev–Trinajstić information content (AvgIpc) is 3.07. The monoisotopic (exact) mass is 659 g/mol. The first-order valence-corrected chi connectivity index (χ1v) is 15.9. The van der Waals surface area contributed by atoms with Crippen LogP contribution in [-0.2, 0) is 48.2 Å². The maximum absolute atomic E-state index is 13.5. The molecule has 4 amide bonds. The first-order chi connectivity index (χ1) is 22.9. The van der Waals surface area contributed by atoms with Crippen molar-refractivity contribution in [2.24, 2.45) is 11.7 Å². The highest BCUT2D eigenvalue weighted by molar-refractivity contribution is 5.94. The molecule has 0 fully saturated rings. The molecule has 0 saturated heterocycles. The van der Waals surface area contributed by atoms with Gasteiger partial charge in [-0.1, -0.05) is 86.6 Å². The van der Waals surface area contributed by atoms with Gasteiger partial charge in [0.15, 0.2) is 0 Å². The van der Waals surface area contributed by atoms with Crippen LogP contribution in [0.4, 0.5) is 0 Å². The average molecular weight is 660 g/mol. The van der Waals surface area contributed by atoms with Crippen molar-refractivity contribution in [3.63, 3.8) is 0 Å². The smallest absolute Gasteiger partial charge is 0.328 e. The largest absolute Gasteiger partial charge is 0.508 e. The van der Waals surface area contributed by atoms with Gasteiger partial charge in [0.1, 0.15) is 30.5 Å². The van der Waals surface area contributed by atoms with Crippen molar-refractivity contribution >= 4 is 29.6 Å². The van der Waals surface area contributed by atoms with E-state index in [2.05, 4.69) is 21.3 Å². The molecule has 0 aliphatic carbocycles. The summed E-state index contributed by atoms with van der Waals surface area (Å²) in [6.45, 7) is 4.88. The molecule has 0 aromatic heterocycles. The van der Waals surface area contributed by atoms with Crippen molar-refractivity contribution in [3.05, 3.63) is 102 Å². The van der Waals surface area contributed by atoms with E-state index in [-0.39, 0.29) is 31.1 Å². The van der Waals surface area contributed by atoms with Crippen LogP contribution >= 0.6 is 0 Å². The molecule has 0 aliphatic heterocycles. The molecule has 0 bridgehead atoms. The summed E-state index contributed by atoms with van der Waals surface area (Å²) in [7, 11) is 0. The van der Waals surface area contributed by atoms with E-state index in [4.69, 9.17) is 10.5 Å². The van der Waals surface area contributed by atoms with Gasteiger partial charge in [-0.25, -0.2) is 4.79 Å². The van der Waals surface area contributed by atoms with E-state index in [9.17, 15) is 29.1 Å². The van der Waals surface area contributed by atoms with Gasteiger partial charge in [0.05, 0.1) is 12.6 Å². The first-order valence-electron chi connectivity index (χ1n) is 15.9. The molecule has 0 spiro atoms. The Morgan fingerprint density at radius 2 is 1.27 bits per heavy atom. The molecular formula is C36H45N5O7. The third-order valence-corrected chi connectivity index (χ3v) is 7.37. The molecule has 256 valence electrons. The molecule has 0 aliphatic rings. The summed E-state index contributed by atoms with van der Waals surface area (Å²) < 4.78 is 5.50. The van der Waals surface area contributed by atoms with E-state index in [0.29, 0.717) is 6.42 Å². The van der Waals surface area contributed by atoms with Crippen LogP contribution < -0.4 is 27.0 Å². The summed E-state index contributed by atoms with van der Waals surface area (Å²) in [5.74, 6) is -2.85. The molecule has 4 atom stereocenters. The Bertz CT molecular complexity index is 1500. The van der Waals surface area contributed by atoms with Gasteiger partial charge in [-0.3, -0.25) is 19.2 Å². The lowest BCUT2D eigenvalue weighted by Gasteiger charge is -2.24. The fraction of sp³-hybridized carbons (Fsp3) is 0.361. The van der Waals surface area contributed by atoms with Crippen LogP contribution in [0.3, 0.4) is 0 Å². The van der Waals surface area contributed by atoms with Crippen molar-refractivity contribution in [3.8, 4) is 5.75 Å².